The third-order valence-electron chi connectivity index (χ3n) is 7.47. The van der Waals surface area contributed by atoms with Gasteiger partial charge in [-0.2, -0.15) is 0 Å². The number of carbonyl (C=O) groups excluding carboxylic acids is 1. The van der Waals surface area contributed by atoms with Crippen molar-refractivity contribution in [1.29, 1.82) is 0 Å². The molecule has 0 bridgehead atoms. The molecule has 0 amide bonds. The second kappa shape index (κ2) is 11.6. The van der Waals surface area contributed by atoms with Gasteiger partial charge in [0.1, 0.15) is 5.75 Å². The minimum atomic E-state index is -1.51. The molecule has 218 valence electrons. The number of carbonyl (C=O) groups is 1. The first-order chi connectivity index (χ1) is 21.3. The van der Waals surface area contributed by atoms with Crippen LogP contribution in [0.3, 0.4) is 0 Å². The van der Waals surface area contributed by atoms with Crippen LogP contribution in [0.2, 0.25) is 0 Å². The first kappa shape index (κ1) is 28.5. The van der Waals surface area contributed by atoms with E-state index in [1.165, 1.54) is 24.3 Å². The molecule has 1 aliphatic rings. The topological polar surface area (TPSA) is 94.3 Å². The number of nitrogens with zero attached hydrogens (tertiary/aromatic N) is 3. The Kier molecular flexibility index (Phi) is 7.51. The molecule has 0 unspecified atom stereocenters. The van der Waals surface area contributed by atoms with Crippen LogP contribution in [-0.2, 0) is 15.2 Å². The molecule has 0 saturated carbocycles. The molecule has 0 aromatic heterocycles. The Morgan fingerprint density at radius 2 is 1.27 bits per heavy atom. The molecular weight excluding hydrogens is 554 g/mol. The van der Waals surface area contributed by atoms with Crippen molar-refractivity contribution in [2.45, 2.75) is 25.0 Å². The van der Waals surface area contributed by atoms with E-state index < -0.39 is 22.0 Å². The van der Waals surface area contributed by atoms with E-state index in [1.54, 1.807) is 18.9 Å². The first-order valence-electron chi connectivity index (χ1n) is 14.1. The molecular formula is C36H29N3O5. The summed E-state index contributed by atoms with van der Waals surface area (Å²) in [7, 11) is 0. The monoisotopic (exact) mass is 583 g/mol. The minimum Gasteiger partial charge on any atom is -0.424 e. The zero-order valence-corrected chi connectivity index (χ0v) is 24.2. The second-order valence-electron chi connectivity index (χ2n) is 10.8. The van der Waals surface area contributed by atoms with Gasteiger partial charge in [-0.1, -0.05) is 97.1 Å². The Hall–Kier alpha value is -5.60. The molecule has 5 aromatic rings. The van der Waals surface area contributed by atoms with Gasteiger partial charge in [0.05, 0.1) is 22.0 Å². The third-order valence-corrected chi connectivity index (χ3v) is 7.47. The summed E-state index contributed by atoms with van der Waals surface area (Å²) in [5.41, 5.74) is 2.14. The molecule has 6 rings (SSSR count). The highest BCUT2D eigenvalue weighted by atomic mass is 16.7. The molecule has 8 heteroatoms. The number of aliphatic imine (C=N–C) groups is 1. The van der Waals surface area contributed by atoms with Crippen molar-refractivity contribution in [1.82, 2.24) is 0 Å². The van der Waals surface area contributed by atoms with Gasteiger partial charge >= 0.3 is 5.97 Å². The first-order valence-corrected chi connectivity index (χ1v) is 14.1. The predicted molar refractivity (Wildman–Crippen MR) is 169 cm³/mol. The van der Waals surface area contributed by atoms with Crippen LogP contribution < -0.4 is 9.80 Å². The van der Waals surface area contributed by atoms with E-state index in [9.17, 15) is 14.9 Å². The SMILES string of the molecule is CC(C)(ON1c2ccccc2/C(=N\c2ccccc2)C1(c1ccccc1)c1ccccc1)C(=O)Oc1ccc([N+](=O)[O-])cc1. The summed E-state index contributed by atoms with van der Waals surface area (Å²) in [6, 6.07) is 42.8. The Balaban J connectivity index is 1.52. The summed E-state index contributed by atoms with van der Waals surface area (Å²) in [5.74, 6) is -0.505. The van der Waals surface area contributed by atoms with Gasteiger partial charge in [0.15, 0.2) is 11.1 Å². The number of rotatable bonds is 8. The number of hydrogen-bond donors (Lipinski definition) is 0. The van der Waals surface area contributed by atoms with E-state index in [0.29, 0.717) is 0 Å². The summed E-state index contributed by atoms with van der Waals surface area (Å²) in [4.78, 5) is 36.3. The van der Waals surface area contributed by atoms with Gasteiger partial charge in [-0.25, -0.2) is 14.9 Å². The van der Waals surface area contributed by atoms with Crippen molar-refractivity contribution in [2.24, 2.45) is 4.99 Å². The van der Waals surface area contributed by atoms with E-state index in [0.717, 1.165) is 33.8 Å². The van der Waals surface area contributed by atoms with Gasteiger partial charge in [0, 0.05) is 17.7 Å². The maximum absolute atomic E-state index is 13.7. The molecule has 0 spiro atoms. The van der Waals surface area contributed by atoms with Gasteiger partial charge in [-0.3, -0.25) is 15.0 Å². The fourth-order valence-electron chi connectivity index (χ4n) is 5.38. The lowest BCUT2D eigenvalue weighted by Crippen LogP contribution is -2.54. The van der Waals surface area contributed by atoms with Crippen molar-refractivity contribution >= 4 is 28.7 Å². The highest BCUT2D eigenvalue weighted by Crippen LogP contribution is 2.51. The van der Waals surface area contributed by atoms with Crippen LogP contribution in [0.25, 0.3) is 0 Å². The highest BCUT2D eigenvalue weighted by Gasteiger charge is 2.55. The third kappa shape index (κ3) is 5.12. The van der Waals surface area contributed by atoms with Crippen molar-refractivity contribution in [3.63, 3.8) is 0 Å². The van der Waals surface area contributed by atoms with E-state index >= 15 is 0 Å². The zero-order chi connectivity index (χ0) is 30.7. The van der Waals surface area contributed by atoms with Crippen LogP contribution >= 0.6 is 0 Å². The number of nitro benzene ring substituents is 1. The fourth-order valence-corrected chi connectivity index (χ4v) is 5.38. The Morgan fingerprint density at radius 1 is 0.750 bits per heavy atom. The van der Waals surface area contributed by atoms with Crippen LogP contribution in [-0.4, -0.2) is 22.2 Å². The van der Waals surface area contributed by atoms with E-state index in [-0.39, 0.29) is 11.4 Å². The van der Waals surface area contributed by atoms with Gasteiger partial charge in [0.2, 0.25) is 0 Å². The molecule has 0 radical (unpaired) electrons. The van der Waals surface area contributed by atoms with Gasteiger partial charge < -0.3 is 4.74 Å². The van der Waals surface area contributed by atoms with Crippen LogP contribution in [0.5, 0.6) is 5.75 Å². The number of non-ortho nitro benzene ring substituents is 1. The van der Waals surface area contributed by atoms with Gasteiger partial charge in [-0.15, -0.1) is 0 Å². The molecule has 1 aliphatic heterocycles. The number of ether oxygens (including phenoxy) is 1. The number of esters is 1. The van der Waals surface area contributed by atoms with Crippen LogP contribution in [0.1, 0.15) is 30.5 Å². The normalized spacial score (nSPS) is 14.7. The minimum absolute atomic E-state index is 0.102. The number of para-hydroxylation sites is 2. The molecule has 0 atom stereocenters. The Morgan fingerprint density at radius 3 is 1.84 bits per heavy atom. The molecule has 0 aliphatic carbocycles. The number of nitro groups is 1. The molecule has 44 heavy (non-hydrogen) atoms. The van der Waals surface area contributed by atoms with Crippen LogP contribution in [0.4, 0.5) is 17.1 Å². The molecule has 0 saturated heterocycles. The highest BCUT2D eigenvalue weighted by molar-refractivity contribution is 6.20. The predicted octanol–water partition coefficient (Wildman–Crippen LogP) is 7.80. The van der Waals surface area contributed by atoms with Crippen molar-refractivity contribution in [3.8, 4) is 5.75 Å². The number of benzene rings is 5. The van der Waals surface area contributed by atoms with Crippen molar-refractivity contribution in [2.75, 3.05) is 5.06 Å². The lowest BCUT2D eigenvalue weighted by atomic mass is 9.78. The van der Waals surface area contributed by atoms with Gasteiger partial charge in [-0.05, 0) is 55.3 Å². The molecule has 5 aromatic carbocycles. The fraction of sp³-hybridized carbons (Fsp3) is 0.111. The van der Waals surface area contributed by atoms with Gasteiger partial charge in [0.25, 0.3) is 5.69 Å². The summed E-state index contributed by atoms with van der Waals surface area (Å²) in [6.07, 6.45) is 0. The molecule has 1 heterocycles. The average Bonchev–Trinajstić information content (AvgIpc) is 3.31. The largest absolute Gasteiger partial charge is 0.424 e. The van der Waals surface area contributed by atoms with Crippen LogP contribution in [0, 0.1) is 10.1 Å². The van der Waals surface area contributed by atoms with Crippen LogP contribution in [0.15, 0.2) is 145 Å². The summed E-state index contributed by atoms with van der Waals surface area (Å²) in [5, 5.41) is 12.9. The number of fused-ring (bicyclic) bond motifs is 1. The quantitative estimate of drug-likeness (QED) is 0.0801. The zero-order valence-electron chi connectivity index (χ0n) is 24.2. The van der Waals surface area contributed by atoms with E-state index in [2.05, 4.69) is 0 Å². The summed E-state index contributed by atoms with van der Waals surface area (Å²) >= 11 is 0. The smallest absolute Gasteiger partial charge is 0.345 e. The lowest BCUT2D eigenvalue weighted by Gasteiger charge is -2.43. The van der Waals surface area contributed by atoms with E-state index in [1.807, 2.05) is 115 Å². The Bertz CT molecular complexity index is 1780. The maximum Gasteiger partial charge on any atom is 0.345 e. The number of hydroxylamine groups is 1. The molecule has 8 nitrogen and oxygen atoms in total. The van der Waals surface area contributed by atoms with Crippen molar-refractivity contribution in [3.05, 3.63) is 166 Å². The van der Waals surface area contributed by atoms with Crippen molar-refractivity contribution < 1.29 is 19.3 Å². The maximum atomic E-state index is 13.7. The summed E-state index contributed by atoms with van der Waals surface area (Å²) < 4.78 is 5.67. The molecule has 0 N–H and O–H groups in total. The second-order valence-corrected chi connectivity index (χ2v) is 10.8. The summed E-state index contributed by atoms with van der Waals surface area (Å²) in [6.45, 7) is 3.27. The average molecular weight is 584 g/mol. The van der Waals surface area contributed by atoms with E-state index in [4.69, 9.17) is 14.6 Å². The lowest BCUT2D eigenvalue weighted by molar-refractivity contribution is -0.384. The Labute approximate surface area is 254 Å². The number of anilines is 1. The number of hydrogen-bond acceptors (Lipinski definition) is 7. The standard InChI is InChI=1S/C36H29N3O5/c1-35(2,34(40)43-30-24-22-29(23-25-30)39(41)42)44-38-32-21-13-12-20-31(32)33(37-28-18-10-5-11-19-28)36(38,26-14-6-3-7-15-26)27-16-8-4-9-17-27/h3-25H,1-2H3/b37-33+. The molecule has 0 fully saturated rings.